The molecule has 7 heteroatoms. The molecule has 4 aromatic rings. The third kappa shape index (κ3) is 4.79. The lowest BCUT2D eigenvalue weighted by Crippen LogP contribution is -2.07. The number of tetrazole rings is 1. The summed E-state index contributed by atoms with van der Waals surface area (Å²) in [6, 6.07) is 17.0. The highest BCUT2D eigenvalue weighted by atomic mass is 15.5. The molecule has 0 bridgehead atoms. The minimum atomic E-state index is 0.616. The van der Waals surface area contributed by atoms with Crippen LogP contribution in [0, 0.1) is 0 Å². The smallest absolute Gasteiger partial charge is 0.204 e. The number of aromatic nitrogens is 7. The van der Waals surface area contributed by atoms with Crippen molar-refractivity contribution in [3.8, 4) is 11.4 Å². The maximum Gasteiger partial charge on any atom is 0.204 e. The van der Waals surface area contributed by atoms with Crippen LogP contribution in [0.5, 0.6) is 0 Å². The van der Waals surface area contributed by atoms with Gasteiger partial charge in [0.05, 0.1) is 6.54 Å². The monoisotopic (exact) mass is 401 g/mol. The Hall–Kier alpha value is -3.35. The molecule has 0 aliphatic carbocycles. The molecule has 2 heterocycles. The normalized spacial score (nSPS) is 11.1. The Morgan fingerprint density at radius 1 is 0.900 bits per heavy atom. The molecule has 0 atom stereocenters. The van der Waals surface area contributed by atoms with Crippen molar-refractivity contribution in [2.24, 2.45) is 0 Å². The maximum atomic E-state index is 4.72. The number of nitrogens with zero attached hydrogens (tertiary/aromatic N) is 6. The Kier molecular flexibility index (Phi) is 6.27. The van der Waals surface area contributed by atoms with Crippen molar-refractivity contribution in [2.75, 3.05) is 0 Å². The van der Waals surface area contributed by atoms with Crippen molar-refractivity contribution in [3.63, 3.8) is 0 Å². The van der Waals surface area contributed by atoms with Gasteiger partial charge in [0.25, 0.3) is 0 Å². The van der Waals surface area contributed by atoms with Gasteiger partial charge in [0.15, 0.2) is 5.82 Å². The molecular formula is C23H27N7. The quantitative estimate of drug-likeness (QED) is 0.458. The van der Waals surface area contributed by atoms with E-state index in [4.69, 9.17) is 10.1 Å². The van der Waals surface area contributed by atoms with Gasteiger partial charge in [-0.05, 0) is 47.2 Å². The van der Waals surface area contributed by atoms with E-state index in [0.29, 0.717) is 5.82 Å². The predicted molar refractivity (Wildman–Crippen MR) is 116 cm³/mol. The van der Waals surface area contributed by atoms with Crippen molar-refractivity contribution in [1.29, 1.82) is 0 Å². The number of aromatic amines is 1. The van der Waals surface area contributed by atoms with E-state index in [1.807, 2.05) is 12.1 Å². The third-order valence-corrected chi connectivity index (χ3v) is 5.03. The zero-order valence-corrected chi connectivity index (χ0v) is 17.5. The summed E-state index contributed by atoms with van der Waals surface area (Å²) in [6.07, 6.45) is 4.90. The standard InChI is InChI=1S/C23H27N7/c1-3-6-21-24-22(7-4-2)30(27-21)16-18-12-10-17(11-13-18)14-19-8-5-9-20(15-19)23-25-28-29-26-23/h5,8-13,15H,3-4,6-7,14,16H2,1-2H3,(H,25,26,28,29). The minimum absolute atomic E-state index is 0.616. The van der Waals surface area contributed by atoms with E-state index in [-0.39, 0.29) is 0 Å². The largest absolute Gasteiger partial charge is 0.245 e. The lowest BCUT2D eigenvalue weighted by atomic mass is 10.0. The highest BCUT2D eigenvalue weighted by Crippen LogP contribution is 2.18. The van der Waals surface area contributed by atoms with Gasteiger partial charge in [-0.25, -0.2) is 9.67 Å². The molecule has 0 spiro atoms. The van der Waals surface area contributed by atoms with E-state index < -0.39 is 0 Å². The van der Waals surface area contributed by atoms with Crippen LogP contribution in [-0.2, 0) is 25.8 Å². The first kappa shape index (κ1) is 19.9. The summed E-state index contributed by atoms with van der Waals surface area (Å²) >= 11 is 0. The summed E-state index contributed by atoms with van der Waals surface area (Å²) in [4.78, 5) is 4.72. The topological polar surface area (TPSA) is 85.2 Å². The SMILES string of the molecule is CCCc1nc(CCC)n(Cc2ccc(Cc3cccc(-c4nn[nH]n4)c3)cc2)n1. The van der Waals surface area contributed by atoms with Crippen LogP contribution in [0.2, 0.25) is 0 Å². The summed E-state index contributed by atoms with van der Waals surface area (Å²) in [5.74, 6) is 2.66. The number of benzene rings is 2. The molecule has 30 heavy (non-hydrogen) atoms. The van der Waals surface area contributed by atoms with Gasteiger partial charge in [0, 0.05) is 18.4 Å². The molecule has 2 aromatic carbocycles. The first-order valence-corrected chi connectivity index (χ1v) is 10.6. The van der Waals surface area contributed by atoms with E-state index in [9.17, 15) is 0 Å². The van der Waals surface area contributed by atoms with Crippen molar-refractivity contribution in [3.05, 3.63) is 76.9 Å². The van der Waals surface area contributed by atoms with E-state index >= 15 is 0 Å². The Bertz CT molecular complexity index is 1070. The molecule has 0 aliphatic rings. The van der Waals surface area contributed by atoms with Gasteiger partial charge in [-0.1, -0.05) is 56.3 Å². The fourth-order valence-corrected chi connectivity index (χ4v) is 3.57. The molecule has 0 amide bonds. The van der Waals surface area contributed by atoms with Crippen LogP contribution >= 0.6 is 0 Å². The summed E-state index contributed by atoms with van der Waals surface area (Å²) in [6.45, 7) is 5.11. The number of hydrogen-bond acceptors (Lipinski definition) is 5. The molecule has 0 saturated carbocycles. The molecule has 7 nitrogen and oxygen atoms in total. The first-order valence-electron chi connectivity index (χ1n) is 10.6. The zero-order valence-electron chi connectivity index (χ0n) is 17.5. The van der Waals surface area contributed by atoms with Crippen LogP contribution in [0.15, 0.2) is 48.5 Å². The highest BCUT2D eigenvalue weighted by molar-refractivity contribution is 5.55. The molecule has 0 radical (unpaired) electrons. The Morgan fingerprint density at radius 2 is 1.70 bits per heavy atom. The van der Waals surface area contributed by atoms with E-state index in [0.717, 1.165) is 55.9 Å². The Labute approximate surface area is 176 Å². The number of hydrogen-bond donors (Lipinski definition) is 1. The van der Waals surface area contributed by atoms with Crippen LogP contribution in [0.3, 0.4) is 0 Å². The molecule has 0 saturated heterocycles. The number of nitrogens with one attached hydrogen (secondary N) is 1. The summed E-state index contributed by atoms with van der Waals surface area (Å²) in [7, 11) is 0. The Balaban J connectivity index is 1.45. The van der Waals surface area contributed by atoms with Crippen molar-refractivity contribution < 1.29 is 0 Å². The van der Waals surface area contributed by atoms with Crippen LogP contribution in [0.1, 0.15) is 55.0 Å². The van der Waals surface area contributed by atoms with Gasteiger partial charge in [-0.3, -0.25) is 0 Å². The molecule has 1 N–H and O–H groups in total. The lowest BCUT2D eigenvalue weighted by molar-refractivity contribution is 0.623. The molecule has 4 rings (SSSR count). The van der Waals surface area contributed by atoms with Gasteiger partial charge >= 0.3 is 0 Å². The highest BCUT2D eigenvalue weighted by Gasteiger charge is 2.10. The first-order chi connectivity index (χ1) is 14.7. The zero-order chi connectivity index (χ0) is 20.8. The fourth-order valence-electron chi connectivity index (χ4n) is 3.57. The lowest BCUT2D eigenvalue weighted by Gasteiger charge is -2.08. The average molecular weight is 402 g/mol. The summed E-state index contributed by atoms with van der Waals surface area (Å²) in [5.41, 5.74) is 4.69. The van der Waals surface area contributed by atoms with E-state index in [1.165, 1.54) is 16.7 Å². The number of aryl methyl sites for hydroxylation is 2. The average Bonchev–Trinajstić information content (AvgIpc) is 3.41. The molecule has 2 aromatic heterocycles. The second kappa shape index (κ2) is 9.43. The summed E-state index contributed by atoms with van der Waals surface area (Å²) in [5, 5.41) is 19.0. The van der Waals surface area contributed by atoms with Gasteiger partial charge in [0.1, 0.15) is 5.82 Å². The van der Waals surface area contributed by atoms with Gasteiger partial charge < -0.3 is 0 Å². The second-order valence-corrected chi connectivity index (χ2v) is 7.53. The van der Waals surface area contributed by atoms with E-state index in [2.05, 4.69) is 75.6 Å². The Morgan fingerprint density at radius 3 is 2.43 bits per heavy atom. The van der Waals surface area contributed by atoms with Crippen molar-refractivity contribution >= 4 is 0 Å². The van der Waals surface area contributed by atoms with Crippen LogP contribution in [-0.4, -0.2) is 35.4 Å². The van der Waals surface area contributed by atoms with Crippen molar-refractivity contribution in [1.82, 2.24) is 35.4 Å². The van der Waals surface area contributed by atoms with Crippen molar-refractivity contribution in [2.45, 2.75) is 52.5 Å². The van der Waals surface area contributed by atoms with E-state index in [1.54, 1.807) is 0 Å². The fraction of sp³-hybridized carbons (Fsp3) is 0.348. The third-order valence-electron chi connectivity index (χ3n) is 5.03. The molecule has 0 unspecified atom stereocenters. The second-order valence-electron chi connectivity index (χ2n) is 7.53. The molecule has 0 aliphatic heterocycles. The minimum Gasteiger partial charge on any atom is -0.245 e. The van der Waals surface area contributed by atoms with Gasteiger partial charge in [-0.2, -0.15) is 10.3 Å². The number of H-pyrrole nitrogens is 1. The predicted octanol–water partition coefficient (Wildman–Crippen LogP) is 4.00. The molecule has 0 fully saturated rings. The molecular weight excluding hydrogens is 374 g/mol. The number of rotatable bonds is 9. The van der Waals surface area contributed by atoms with Crippen LogP contribution < -0.4 is 0 Å². The van der Waals surface area contributed by atoms with Crippen LogP contribution in [0.4, 0.5) is 0 Å². The van der Waals surface area contributed by atoms with Gasteiger partial charge in [-0.15, -0.1) is 10.2 Å². The van der Waals surface area contributed by atoms with Gasteiger partial charge in [0.2, 0.25) is 5.82 Å². The molecule has 154 valence electrons. The van der Waals surface area contributed by atoms with Crippen LogP contribution in [0.25, 0.3) is 11.4 Å². The summed E-state index contributed by atoms with van der Waals surface area (Å²) < 4.78 is 2.07. The maximum absolute atomic E-state index is 4.72.